The van der Waals surface area contributed by atoms with Gasteiger partial charge < -0.3 is 0 Å². The van der Waals surface area contributed by atoms with Gasteiger partial charge in [-0.05, 0) is 40.7 Å². The molecule has 2 aliphatic rings. The summed E-state index contributed by atoms with van der Waals surface area (Å²) in [5.41, 5.74) is 13.0. The van der Waals surface area contributed by atoms with Gasteiger partial charge in [0.1, 0.15) is 11.6 Å². The molecule has 4 nitrogen and oxygen atoms in total. The molecule has 0 fully saturated rings. The number of imidazole rings is 2. The van der Waals surface area contributed by atoms with E-state index in [0.29, 0.717) is 0 Å². The Morgan fingerprint density at radius 2 is 0.919 bits per heavy atom. The van der Waals surface area contributed by atoms with Crippen molar-refractivity contribution in [2.45, 2.75) is 0 Å². The smallest absolute Gasteiger partial charge is 0.252 e. The Bertz CT molecular complexity index is 1890. The van der Waals surface area contributed by atoms with E-state index in [1.807, 2.05) is 0 Å². The summed E-state index contributed by atoms with van der Waals surface area (Å²) in [6.45, 7) is 0.124. The van der Waals surface area contributed by atoms with Crippen molar-refractivity contribution in [2.24, 2.45) is 0 Å². The minimum Gasteiger partial charge on any atom is -0.293 e. The lowest BCUT2D eigenvalue weighted by molar-refractivity contribution is 1.07. The third kappa shape index (κ3) is 2.39. The average molecular weight is 470 g/mol. The van der Waals surface area contributed by atoms with Gasteiger partial charge in [0.05, 0.1) is 22.1 Å². The minimum atomic E-state index is 0.124. The number of aromatic nitrogens is 4. The van der Waals surface area contributed by atoms with Crippen LogP contribution in [0.5, 0.6) is 0 Å². The van der Waals surface area contributed by atoms with Gasteiger partial charge in [-0.2, -0.15) is 0 Å². The van der Waals surface area contributed by atoms with Crippen molar-refractivity contribution in [3.8, 4) is 34.2 Å². The molecule has 37 heavy (non-hydrogen) atoms. The summed E-state index contributed by atoms with van der Waals surface area (Å²) in [7, 11) is 0. The molecule has 5 aromatic carbocycles. The molecule has 0 N–H and O–H groups in total. The molecule has 0 bridgehead atoms. The summed E-state index contributed by atoms with van der Waals surface area (Å²) in [5, 5.41) is 0. The van der Waals surface area contributed by atoms with Gasteiger partial charge in [0.15, 0.2) is 0 Å². The Labute approximate surface area is 213 Å². The molecule has 0 radical (unpaired) electrons. The Morgan fingerprint density at radius 3 is 1.41 bits per heavy atom. The second-order valence-electron chi connectivity index (χ2n) is 9.85. The highest BCUT2D eigenvalue weighted by Gasteiger charge is 2.41. The van der Waals surface area contributed by atoms with Crippen LogP contribution in [0.4, 0.5) is 0 Å². The van der Waals surface area contributed by atoms with Gasteiger partial charge >= 0.3 is 0 Å². The van der Waals surface area contributed by atoms with Crippen molar-refractivity contribution in [1.29, 1.82) is 0 Å². The van der Waals surface area contributed by atoms with Gasteiger partial charge in [-0.1, -0.05) is 91.0 Å². The van der Waals surface area contributed by atoms with E-state index in [1.54, 1.807) is 0 Å². The molecular weight excluding hydrogens is 451 g/mol. The third-order valence-electron chi connectivity index (χ3n) is 7.93. The summed E-state index contributed by atoms with van der Waals surface area (Å²) < 4.78 is 4.75. The Morgan fingerprint density at radius 1 is 0.459 bits per heavy atom. The van der Waals surface area contributed by atoms with E-state index in [4.69, 9.17) is 9.97 Å². The van der Waals surface area contributed by atoms with E-state index in [2.05, 4.69) is 124 Å². The van der Waals surface area contributed by atoms with E-state index in [1.165, 1.54) is 38.8 Å². The van der Waals surface area contributed by atoms with Gasteiger partial charge in [-0.15, -0.1) is 0 Å². The fourth-order valence-electron chi connectivity index (χ4n) is 6.51. The number of nitrogens with zero attached hydrogens (tertiary/aromatic N) is 4. The van der Waals surface area contributed by atoms with Crippen LogP contribution < -0.4 is 16.4 Å². The van der Waals surface area contributed by atoms with Gasteiger partial charge in [0.2, 0.25) is 0 Å². The summed E-state index contributed by atoms with van der Waals surface area (Å²) >= 11 is 0. The molecule has 0 aliphatic carbocycles. The zero-order valence-corrected chi connectivity index (χ0v) is 19.8. The number of rotatable bonds is 2. The van der Waals surface area contributed by atoms with E-state index in [9.17, 15) is 0 Å². The van der Waals surface area contributed by atoms with Gasteiger partial charge in [0.25, 0.3) is 6.71 Å². The molecule has 0 saturated heterocycles. The molecule has 0 spiro atoms. The second-order valence-corrected chi connectivity index (χ2v) is 9.85. The molecule has 4 heterocycles. The largest absolute Gasteiger partial charge is 0.293 e. The molecule has 0 saturated carbocycles. The van der Waals surface area contributed by atoms with Crippen LogP contribution in [0.2, 0.25) is 0 Å². The maximum atomic E-state index is 5.17. The first-order valence-electron chi connectivity index (χ1n) is 12.7. The zero-order chi connectivity index (χ0) is 24.1. The molecule has 0 amide bonds. The predicted octanol–water partition coefficient (Wildman–Crippen LogP) is 4.84. The molecule has 0 atom stereocenters. The van der Waals surface area contributed by atoms with Crippen LogP contribution in [0.3, 0.4) is 0 Å². The molecule has 170 valence electrons. The van der Waals surface area contributed by atoms with Crippen LogP contribution in [-0.2, 0) is 0 Å². The quantitative estimate of drug-likeness (QED) is 0.339. The summed E-state index contributed by atoms with van der Waals surface area (Å²) in [5.74, 6) is 1.96. The summed E-state index contributed by atoms with van der Waals surface area (Å²) in [6, 6.07) is 40.8. The molecule has 0 unspecified atom stereocenters. The third-order valence-corrected chi connectivity index (χ3v) is 7.93. The predicted molar refractivity (Wildman–Crippen MR) is 151 cm³/mol. The zero-order valence-electron chi connectivity index (χ0n) is 19.8. The number of para-hydroxylation sites is 2. The van der Waals surface area contributed by atoms with Crippen LogP contribution in [0.1, 0.15) is 0 Å². The molecule has 7 aromatic rings. The maximum absolute atomic E-state index is 5.17. The fourth-order valence-corrected chi connectivity index (χ4v) is 6.51. The Kier molecular flexibility index (Phi) is 3.58. The van der Waals surface area contributed by atoms with Crippen molar-refractivity contribution in [1.82, 2.24) is 19.1 Å². The highest BCUT2D eigenvalue weighted by Crippen LogP contribution is 2.35. The van der Waals surface area contributed by atoms with Gasteiger partial charge in [0, 0.05) is 22.5 Å². The second kappa shape index (κ2) is 6.86. The number of fused-ring (bicyclic) bond motifs is 4. The minimum absolute atomic E-state index is 0.124. The number of hydrogen-bond donors (Lipinski definition) is 0. The highest BCUT2D eigenvalue weighted by molar-refractivity contribution is 7.00. The lowest BCUT2D eigenvalue weighted by Gasteiger charge is -2.33. The first kappa shape index (κ1) is 19.3. The van der Waals surface area contributed by atoms with E-state index < -0.39 is 0 Å². The van der Waals surface area contributed by atoms with Crippen LogP contribution in [0.25, 0.3) is 56.2 Å². The van der Waals surface area contributed by atoms with Crippen LogP contribution in [0.15, 0.2) is 115 Å². The lowest BCUT2D eigenvalue weighted by Crippen LogP contribution is -2.59. The number of benzene rings is 5. The van der Waals surface area contributed by atoms with Crippen molar-refractivity contribution in [3.63, 3.8) is 0 Å². The first-order valence-corrected chi connectivity index (χ1v) is 12.7. The standard InChI is InChI=1S/C32H19BN4/c1-3-10-20(11-4-1)31-34-24-16-7-14-22-29(24)36(31)26-18-9-19-27-28(26)33(22)23-15-8-17-25-30(23)37(27)32(35-25)21-12-5-2-6-13-21/h1-19H. The fraction of sp³-hybridized carbons (Fsp3) is 0. The molecule has 9 rings (SSSR count). The van der Waals surface area contributed by atoms with E-state index in [0.717, 1.165) is 33.8 Å². The topological polar surface area (TPSA) is 35.6 Å². The van der Waals surface area contributed by atoms with Crippen LogP contribution in [-0.4, -0.2) is 25.8 Å². The van der Waals surface area contributed by atoms with E-state index in [-0.39, 0.29) is 6.71 Å². The van der Waals surface area contributed by atoms with Crippen molar-refractivity contribution in [2.75, 3.05) is 0 Å². The van der Waals surface area contributed by atoms with Crippen LogP contribution in [0, 0.1) is 0 Å². The van der Waals surface area contributed by atoms with Crippen molar-refractivity contribution >= 4 is 45.2 Å². The maximum Gasteiger partial charge on any atom is 0.252 e. The van der Waals surface area contributed by atoms with Crippen molar-refractivity contribution in [3.05, 3.63) is 115 Å². The lowest BCUT2D eigenvalue weighted by atomic mass is 9.34. The monoisotopic (exact) mass is 470 g/mol. The summed E-state index contributed by atoms with van der Waals surface area (Å²) in [4.78, 5) is 10.3. The van der Waals surface area contributed by atoms with E-state index >= 15 is 0 Å². The Hall–Kier alpha value is -4.90. The number of hydrogen-bond acceptors (Lipinski definition) is 2. The summed E-state index contributed by atoms with van der Waals surface area (Å²) in [6.07, 6.45) is 0. The SMILES string of the molecule is c1ccc(-c2nc3cccc4c3n2-c2cccc3c2B4c2cccc4nc(-c5ccccc5)n-3c24)cc1. The molecular formula is C32H19BN4. The Balaban J connectivity index is 1.46. The van der Waals surface area contributed by atoms with Gasteiger partial charge in [-0.25, -0.2) is 9.97 Å². The van der Waals surface area contributed by atoms with Crippen LogP contribution >= 0.6 is 0 Å². The van der Waals surface area contributed by atoms with Gasteiger partial charge in [-0.3, -0.25) is 9.13 Å². The highest BCUT2D eigenvalue weighted by atomic mass is 15.1. The van der Waals surface area contributed by atoms with Crippen molar-refractivity contribution < 1.29 is 0 Å². The molecule has 2 aromatic heterocycles. The normalized spacial score (nSPS) is 12.8. The molecule has 2 aliphatic heterocycles. The average Bonchev–Trinajstić information content (AvgIpc) is 3.55. The molecule has 5 heteroatoms. The first-order chi connectivity index (χ1) is 18.4.